The van der Waals surface area contributed by atoms with Gasteiger partial charge in [-0.3, -0.25) is 4.79 Å². The van der Waals surface area contributed by atoms with E-state index in [1.807, 2.05) is 6.07 Å². The minimum absolute atomic E-state index is 0.0497. The zero-order valence-corrected chi connectivity index (χ0v) is 17.4. The Morgan fingerprint density at radius 1 is 1.07 bits per heavy atom. The van der Waals surface area contributed by atoms with Crippen LogP contribution in [0, 0.1) is 11.7 Å². The molecule has 0 saturated carbocycles. The van der Waals surface area contributed by atoms with E-state index in [2.05, 4.69) is 13.8 Å². The van der Waals surface area contributed by atoms with Gasteiger partial charge in [-0.1, -0.05) is 19.9 Å². The van der Waals surface area contributed by atoms with Crippen LogP contribution < -0.4 is 4.74 Å². The van der Waals surface area contributed by atoms with Crippen molar-refractivity contribution in [3.63, 3.8) is 0 Å². The number of nitrogens with zero attached hydrogens (tertiary/aromatic N) is 2. The van der Waals surface area contributed by atoms with Gasteiger partial charge < -0.3 is 9.64 Å². The molecule has 0 aliphatic carbocycles. The maximum Gasteiger partial charge on any atom is 0.254 e. The molecule has 0 aromatic heterocycles. The normalized spacial score (nSPS) is 15.5. The highest BCUT2D eigenvalue weighted by atomic mass is 32.2. The molecule has 29 heavy (non-hydrogen) atoms. The third-order valence-corrected chi connectivity index (χ3v) is 6.55. The van der Waals surface area contributed by atoms with Crippen molar-refractivity contribution in [1.29, 1.82) is 0 Å². The highest BCUT2D eigenvalue weighted by molar-refractivity contribution is 7.89. The number of hydrogen-bond acceptors (Lipinski definition) is 4. The Morgan fingerprint density at radius 2 is 1.72 bits per heavy atom. The zero-order chi connectivity index (χ0) is 21.0. The first-order chi connectivity index (χ1) is 13.8. The van der Waals surface area contributed by atoms with Gasteiger partial charge in [0.05, 0.1) is 11.5 Å². The summed E-state index contributed by atoms with van der Waals surface area (Å²) in [5.74, 6) is 0.380. The summed E-state index contributed by atoms with van der Waals surface area (Å²) in [6.45, 7) is 5.62. The van der Waals surface area contributed by atoms with Crippen molar-refractivity contribution in [2.45, 2.75) is 18.7 Å². The van der Waals surface area contributed by atoms with Crippen LogP contribution in [0.15, 0.2) is 53.4 Å². The quantitative estimate of drug-likeness (QED) is 0.721. The lowest BCUT2D eigenvalue weighted by Crippen LogP contribution is -2.50. The third-order valence-electron chi connectivity index (χ3n) is 4.64. The van der Waals surface area contributed by atoms with E-state index in [-0.39, 0.29) is 37.0 Å². The SMILES string of the molecule is CC(C)COc1cccc(C(=O)N2CCN(S(=O)(=O)c3ccc(F)cc3)CC2)c1. The molecular weight excluding hydrogens is 395 g/mol. The number of piperazine rings is 1. The number of rotatable bonds is 6. The van der Waals surface area contributed by atoms with Crippen LogP contribution >= 0.6 is 0 Å². The minimum atomic E-state index is -3.71. The van der Waals surface area contributed by atoms with Crippen LogP contribution in [0.2, 0.25) is 0 Å². The van der Waals surface area contributed by atoms with Gasteiger partial charge in [-0.2, -0.15) is 4.31 Å². The molecule has 0 atom stereocenters. The predicted molar refractivity (Wildman–Crippen MR) is 108 cm³/mol. The molecule has 6 nitrogen and oxygen atoms in total. The van der Waals surface area contributed by atoms with E-state index < -0.39 is 15.8 Å². The zero-order valence-electron chi connectivity index (χ0n) is 16.5. The van der Waals surface area contributed by atoms with Crippen LogP contribution in [0.3, 0.4) is 0 Å². The van der Waals surface area contributed by atoms with Crippen LogP contribution in [0.1, 0.15) is 24.2 Å². The molecule has 2 aromatic carbocycles. The van der Waals surface area contributed by atoms with Crippen molar-refractivity contribution in [1.82, 2.24) is 9.21 Å². The van der Waals surface area contributed by atoms with Crippen LogP contribution in [0.5, 0.6) is 5.75 Å². The molecule has 3 rings (SSSR count). The topological polar surface area (TPSA) is 66.9 Å². The number of sulfonamides is 1. The summed E-state index contributed by atoms with van der Waals surface area (Å²) in [6, 6.07) is 11.8. The molecule has 1 fully saturated rings. The van der Waals surface area contributed by atoms with Crippen molar-refractivity contribution in [3.8, 4) is 5.75 Å². The summed E-state index contributed by atoms with van der Waals surface area (Å²) in [6.07, 6.45) is 0. The van der Waals surface area contributed by atoms with E-state index >= 15 is 0 Å². The molecule has 1 amide bonds. The lowest BCUT2D eigenvalue weighted by molar-refractivity contribution is 0.0697. The summed E-state index contributed by atoms with van der Waals surface area (Å²) >= 11 is 0. The fourth-order valence-corrected chi connectivity index (χ4v) is 4.47. The van der Waals surface area contributed by atoms with Crippen molar-refractivity contribution in [2.75, 3.05) is 32.8 Å². The van der Waals surface area contributed by atoms with E-state index in [0.717, 1.165) is 12.1 Å². The van der Waals surface area contributed by atoms with Crippen molar-refractivity contribution in [3.05, 3.63) is 59.9 Å². The Kier molecular flexibility index (Phi) is 6.54. The molecule has 1 saturated heterocycles. The van der Waals surface area contributed by atoms with E-state index in [1.165, 1.54) is 16.4 Å². The van der Waals surface area contributed by atoms with Crippen molar-refractivity contribution < 1.29 is 22.3 Å². The molecule has 8 heteroatoms. The second-order valence-electron chi connectivity index (χ2n) is 7.38. The Balaban J connectivity index is 1.64. The Labute approximate surface area is 170 Å². The van der Waals surface area contributed by atoms with Gasteiger partial charge in [0.15, 0.2) is 0 Å². The first-order valence-electron chi connectivity index (χ1n) is 9.55. The maximum absolute atomic E-state index is 13.1. The van der Waals surface area contributed by atoms with Gasteiger partial charge in [-0.25, -0.2) is 12.8 Å². The summed E-state index contributed by atoms with van der Waals surface area (Å²) in [5.41, 5.74) is 0.515. The number of ether oxygens (including phenoxy) is 1. The first kappa shape index (κ1) is 21.3. The molecule has 1 heterocycles. The van der Waals surface area contributed by atoms with E-state index in [4.69, 9.17) is 4.74 Å². The van der Waals surface area contributed by atoms with Gasteiger partial charge in [0.1, 0.15) is 11.6 Å². The van der Waals surface area contributed by atoms with Crippen LogP contribution in [-0.4, -0.2) is 56.3 Å². The Bertz CT molecular complexity index is 953. The minimum Gasteiger partial charge on any atom is -0.493 e. The molecule has 0 spiro atoms. The van der Waals surface area contributed by atoms with Gasteiger partial charge in [0, 0.05) is 31.7 Å². The first-order valence-corrected chi connectivity index (χ1v) is 11.0. The molecule has 0 N–H and O–H groups in total. The predicted octanol–water partition coefficient (Wildman–Crippen LogP) is 3.01. The standard InChI is InChI=1S/C21H25FN2O4S/c1-16(2)15-28-19-5-3-4-17(14-19)21(25)23-10-12-24(13-11-23)29(26,27)20-8-6-18(22)7-9-20/h3-9,14,16H,10-13,15H2,1-2H3. The molecule has 0 radical (unpaired) electrons. The molecular formula is C21H25FN2O4S. The van der Waals surface area contributed by atoms with Crippen LogP contribution in [0.25, 0.3) is 0 Å². The smallest absolute Gasteiger partial charge is 0.254 e. The summed E-state index contributed by atoms with van der Waals surface area (Å²) in [7, 11) is -3.71. The van der Waals surface area contributed by atoms with Gasteiger partial charge in [-0.05, 0) is 48.4 Å². The van der Waals surface area contributed by atoms with E-state index in [0.29, 0.717) is 23.8 Å². The monoisotopic (exact) mass is 420 g/mol. The summed E-state index contributed by atoms with van der Waals surface area (Å²) < 4.78 is 45.5. The van der Waals surface area contributed by atoms with Gasteiger partial charge in [0.25, 0.3) is 5.91 Å². The number of carbonyl (C=O) groups excluding carboxylic acids is 1. The summed E-state index contributed by atoms with van der Waals surface area (Å²) in [4.78, 5) is 14.5. The lowest BCUT2D eigenvalue weighted by atomic mass is 10.1. The largest absolute Gasteiger partial charge is 0.493 e. The molecule has 2 aromatic rings. The fraction of sp³-hybridized carbons (Fsp3) is 0.381. The third kappa shape index (κ3) is 5.13. The molecule has 1 aliphatic rings. The number of benzene rings is 2. The van der Waals surface area contributed by atoms with Gasteiger partial charge >= 0.3 is 0 Å². The highest BCUT2D eigenvalue weighted by Gasteiger charge is 2.30. The number of amides is 1. The molecule has 156 valence electrons. The van der Waals surface area contributed by atoms with Gasteiger partial charge in [-0.15, -0.1) is 0 Å². The molecule has 0 unspecified atom stereocenters. The van der Waals surface area contributed by atoms with Crippen molar-refractivity contribution in [2.24, 2.45) is 5.92 Å². The Hall–Kier alpha value is -2.45. The summed E-state index contributed by atoms with van der Waals surface area (Å²) in [5, 5.41) is 0. The fourth-order valence-electron chi connectivity index (χ4n) is 3.05. The van der Waals surface area contributed by atoms with Crippen molar-refractivity contribution >= 4 is 15.9 Å². The number of carbonyl (C=O) groups is 1. The average Bonchev–Trinajstić information content (AvgIpc) is 2.72. The second kappa shape index (κ2) is 8.92. The molecule has 1 aliphatic heterocycles. The number of halogens is 1. The molecule has 0 bridgehead atoms. The number of hydrogen-bond donors (Lipinski definition) is 0. The second-order valence-corrected chi connectivity index (χ2v) is 9.32. The highest BCUT2D eigenvalue weighted by Crippen LogP contribution is 2.20. The van der Waals surface area contributed by atoms with Crippen LogP contribution in [-0.2, 0) is 10.0 Å². The Morgan fingerprint density at radius 3 is 2.34 bits per heavy atom. The maximum atomic E-state index is 13.1. The lowest BCUT2D eigenvalue weighted by Gasteiger charge is -2.34. The van der Waals surface area contributed by atoms with E-state index in [9.17, 15) is 17.6 Å². The average molecular weight is 421 g/mol. The van der Waals surface area contributed by atoms with Gasteiger partial charge in [0.2, 0.25) is 10.0 Å². The van der Waals surface area contributed by atoms with E-state index in [1.54, 1.807) is 23.1 Å². The van der Waals surface area contributed by atoms with Crippen LogP contribution in [0.4, 0.5) is 4.39 Å².